The number of carboxylic acid groups (broad SMARTS) is 1. The zero-order chi connectivity index (χ0) is 15.7. The smallest absolute Gasteiger partial charge is 0.341 e. The van der Waals surface area contributed by atoms with Crippen LogP contribution >= 0.6 is 0 Å². The van der Waals surface area contributed by atoms with Gasteiger partial charge in [-0.3, -0.25) is 4.79 Å². The topological polar surface area (TPSA) is 99.8 Å². The van der Waals surface area contributed by atoms with Crippen LogP contribution in [0.4, 0.5) is 8.78 Å². The number of benzene rings is 1. The molecule has 3 N–H and O–H groups in total. The summed E-state index contributed by atoms with van der Waals surface area (Å²) in [6.45, 7) is -0.991. The Labute approximate surface area is 116 Å². The molecule has 1 aromatic carbocycles. The minimum atomic E-state index is -1.56. The minimum absolute atomic E-state index is 0.334. The van der Waals surface area contributed by atoms with Crippen LogP contribution in [-0.4, -0.2) is 38.6 Å². The van der Waals surface area contributed by atoms with E-state index >= 15 is 0 Å². The summed E-state index contributed by atoms with van der Waals surface area (Å²) in [7, 11) is 0. The maximum absolute atomic E-state index is 13.9. The van der Waals surface area contributed by atoms with E-state index < -0.39 is 46.7 Å². The molecule has 1 atom stereocenters. The molecule has 0 aliphatic carbocycles. The van der Waals surface area contributed by atoms with E-state index in [1.54, 1.807) is 0 Å². The third kappa shape index (κ3) is 2.76. The van der Waals surface area contributed by atoms with Gasteiger partial charge in [-0.25, -0.2) is 13.6 Å². The monoisotopic (exact) mass is 299 g/mol. The molecule has 8 heteroatoms. The van der Waals surface area contributed by atoms with Gasteiger partial charge in [-0.2, -0.15) is 0 Å². The molecule has 0 aliphatic heterocycles. The van der Waals surface area contributed by atoms with Gasteiger partial charge in [-0.05, 0) is 6.07 Å². The van der Waals surface area contributed by atoms with Crippen LogP contribution in [-0.2, 0) is 6.54 Å². The summed E-state index contributed by atoms with van der Waals surface area (Å²) in [4.78, 5) is 23.0. The normalized spacial score (nSPS) is 12.6. The number of nitrogens with zero attached hydrogens (tertiary/aromatic N) is 1. The summed E-state index contributed by atoms with van der Waals surface area (Å²) in [5.41, 5.74) is -2.04. The van der Waals surface area contributed by atoms with Crippen molar-refractivity contribution in [1.29, 1.82) is 0 Å². The summed E-state index contributed by atoms with van der Waals surface area (Å²) in [5.74, 6) is -3.64. The molecule has 2 rings (SSSR count). The highest BCUT2D eigenvalue weighted by Gasteiger charge is 2.19. The third-order valence-corrected chi connectivity index (χ3v) is 2.94. The molecule has 21 heavy (non-hydrogen) atoms. The fraction of sp³-hybridized carbons (Fsp3) is 0.231. The van der Waals surface area contributed by atoms with Crippen LogP contribution in [0.3, 0.4) is 0 Å². The van der Waals surface area contributed by atoms with Gasteiger partial charge in [-0.1, -0.05) is 0 Å². The van der Waals surface area contributed by atoms with Crippen molar-refractivity contribution in [3.63, 3.8) is 0 Å². The van der Waals surface area contributed by atoms with Crippen LogP contribution in [0.15, 0.2) is 23.1 Å². The number of carbonyl (C=O) groups is 1. The van der Waals surface area contributed by atoms with Crippen molar-refractivity contribution in [2.75, 3.05) is 6.61 Å². The molecule has 0 radical (unpaired) electrons. The first-order valence-corrected chi connectivity index (χ1v) is 5.89. The van der Waals surface area contributed by atoms with Crippen molar-refractivity contribution in [3.8, 4) is 0 Å². The van der Waals surface area contributed by atoms with Crippen LogP contribution in [0.1, 0.15) is 10.4 Å². The SMILES string of the molecule is O=C(O)c1cn(CC(O)CO)c2c(F)cc(F)cc2c1=O. The maximum atomic E-state index is 13.9. The average molecular weight is 299 g/mol. The van der Waals surface area contributed by atoms with Crippen LogP contribution in [0.5, 0.6) is 0 Å². The van der Waals surface area contributed by atoms with Crippen LogP contribution in [0, 0.1) is 11.6 Å². The molecule has 0 saturated heterocycles. The second-order valence-corrected chi connectivity index (χ2v) is 4.45. The molecule has 1 heterocycles. The summed E-state index contributed by atoms with van der Waals surface area (Å²) < 4.78 is 28.1. The molecule has 0 aliphatic rings. The molecule has 112 valence electrons. The molecule has 1 unspecified atom stereocenters. The molecule has 0 bridgehead atoms. The number of aliphatic hydroxyl groups excluding tert-OH is 2. The predicted molar refractivity (Wildman–Crippen MR) is 68.2 cm³/mol. The number of carboxylic acids is 1. The second-order valence-electron chi connectivity index (χ2n) is 4.45. The first kappa shape index (κ1) is 15.1. The van der Waals surface area contributed by atoms with E-state index in [1.807, 2.05) is 0 Å². The molecular formula is C13H11F2NO5. The lowest BCUT2D eigenvalue weighted by Gasteiger charge is -2.15. The van der Waals surface area contributed by atoms with Gasteiger partial charge in [0.15, 0.2) is 5.82 Å². The molecule has 2 aromatic rings. The van der Waals surface area contributed by atoms with Crippen LogP contribution < -0.4 is 5.43 Å². The molecule has 0 amide bonds. The Kier molecular flexibility index (Phi) is 4.01. The molecule has 1 aromatic heterocycles. The van der Waals surface area contributed by atoms with Gasteiger partial charge in [0.1, 0.15) is 11.4 Å². The van der Waals surface area contributed by atoms with E-state index in [4.69, 9.17) is 10.2 Å². The summed E-state index contributed by atoms with van der Waals surface area (Å²) in [6, 6.07) is 1.28. The Morgan fingerprint density at radius 3 is 2.57 bits per heavy atom. The molecule has 6 nitrogen and oxygen atoms in total. The van der Waals surface area contributed by atoms with Crippen LogP contribution in [0.2, 0.25) is 0 Å². The van der Waals surface area contributed by atoms with Gasteiger partial charge in [0, 0.05) is 12.3 Å². The Morgan fingerprint density at radius 2 is 2.00 bits per heavy atom. The maximum Gasteiger partial charge on any atom is 0.341 e. The quantitative estimate of drug-likeness (QED) is 0.755. The number of hydrogen-bond acceptors (Lipinski definition) is 4. The molecular weight excluding hydrogens is 288 g/mol. The minimum Gasteiger partial charge on any atom is -0.477 e. The number of rotatable bonds is 4. The van der Waals surface area contributed by atoms with Crippen LogP contribution in [0.25, 0.3) is 10.9 Å². The Hall–Kier alpha value is -2.32. The summed E-state index contributed by atoms with van der Waals surface area (Å²) in [6.07, 6.45) is -0.436. The number of aromatic carboxylic acids is 1. The van der Waals surface area contributed by atoms with E-state index in [0.29, 0.717) is 6.07 Å². The second kappa shape index (κ2) is 5.58. The number of halogens is 2. The molecule has 0 fully saturated rings. The van der Waals surface area contributed by atoms with Crippen molar-refractivity contribution in [3.05, 3.63) is 45.8 Å². The fourth-order valence-corrected chi connectivity index (χ4v) is 2.04. The van der Waals surface area contributed by atoms with E-state index in [-0.39, 0.29) is 12.1 Å². The van der Waals surface area contributed by atoms with E-state index in [9.17, 15) is 23.5 Å². The fourth-order valence-electron chi connectivity index (χ4n) is 2.04. The zero-order valence-electron chi connectivity index (χ0n) is 10.6. The van der Waals surface area contributed by atoms with Crippen molar-refractivity contribution in [1.82, 2.24) is 4.57 Å². The number of aliphatic hydroxyl groups is 2. The molecule has 0 spiro atoms. The predicted octanol–water partition coefficient (Wildman–Crippen LogP) is 0.331. The largest absolute Gasteiger partial charge is 0.477 e. The van der Waals surface area contributed by atoms with Gasteiger partial charge >= 0.3 is 5.97 Å². The Morgan fingerprint density at radius 1 is 1.33 bits per heavy atom. The lowest BCUT2D eigenvalue weighted by molar-refractivity contribution is 0.0691. The standard InChI is InChI=1S/C13H11F2NO5/c14-6-1-8-11(10(15)2-6)16(3-7(18)5-17)4-9(12(8)19)13(20)21/h1-2,4,7,17-18H,3,5H2,(H,20,21). The Bertz CT molecular complexity index is 771. The van der Waals surface area contributed by atoms with Crippen molar-refractivity contribution >= 4 is 16.9 Å². The lowest BCUT2D eigenvalue weighted by atomic mass is 10.1. The number of fused-ring (bicyclic) bond motifs is 1. The first-order valence-electron chi connectivity index (χ1n) is 5.89. The first-order chi connectivity index (χ1) is 9.85. The average Bonchev–Trinajstić information content (AvgIpc) is 2.40. The summed E-state index contributed by atoms with van der Waals surface area (Å²) >= 11 is 0. The number of aromatic nitrogens is 1. The van der Waals surface area contributed by atoms with Crippen molar-refractivity contribution in [2.24, 2.45) is 0 Å². The Balaban J connectivity index is 2.85. The third-order valence-electron chi connectivity index (χ3n) is 2.94. The lowest BCUT2D eigenvalue weighted by Crippen LogP contribution is -2.25. The van der Waals surface area contributed by atoms with Gasteiger partial charge in [0.2, 0.25) is 5.43 Å². The zero-order valence-corrected chi connectivity index (χ0v) is 10.6. The van der Waals surface area contributed by atoms with Gasteiger partial charge in [0.05, 0.1) is 30.2 Å². The highest BCUT2D eigenvalue weighted by atomic mass is 19.1. The van der Waals surface area contributed by atoms with E-state index in [0.717, 1.165) is 16.8 Å². The van der Waals surface area contributed by atoms with Gasteiger partial charge in [0.25, 0.3) is 0 Å². The van der Waals surface area contributed by atoms with E-state index in [1.165, 1.54) is 0 Å². The van der Waals surface area contributed by atoms with Crippen molar-refractivity contribution < 1.29 is 28.9 Å². The molecule has 0 saturated carbocycles. The number of hydrogen-bond donors (Lipinski definition) is 3. The van der Waals surface area contributed by atoms with Crippen molar-refractivity contribution in [2.45, 2.75) is 12.6 Å². The van der Waals surface area contributed by atoms with E-state index in [2.05, 4.69) is 0 Å². The number of pyridine rings is 1. The summed E-state index contributed by atoms with van der Waals surface area (Å²) in [5, 5.41) is 26.8. The highest BCUT2D eigenvalue weighted by molar-refractivity contribution is 5.92. The van der Waals surface area contributed by atoms with Gasteiger partial charge < -0.3 is 19.9 Å². The van der Waals surface area contributed by atoms with Gasteiger partial charge in [-0.15, -0.1) is 0 Å². The highest BCUT2D eigenvalue weighted by Crippen LogP contribution is 2.18.